The van der Waals surface area contributed by atoms with Crippen LogP contribution in [0.25, 0.3) is 0 Å². The molecule has 0 aliphatic carbocycles. The van der Waals surface area contributed by atoms with Gasteiger partial charge in [0.15, 0.2) is 0 Å². The third kappa shape index (κ3) is 4.05. The van der Waals surface area contributed by atoms with Crippen molar-refractivity contribution in [2.24, 2.45) is 5.10 Å². The highest BCUT2D eigenvalue weighted by atomic mass is 16.4. The van der Waals surface area contributed by atoms with E-state index in [4.69, 9.17) is 10.2 Å². The third-order valence-corrected chi connectivity index (χ3v) is 2.39. The van der Waals surface area contributed by atoms with E-state index in [9.17, 15) is 19.2 Å². The van der Waals surface area contributed by atoms with E-state index in [2.05, 4.69) is 5.10 Å². The maximum Gasteiger partial charge on any atom is 0.323 e. The van der Waals surface area contributed by atoms with Crippen LogP contribution in [0.1, 0.15) is 12.8 Å². The number of carboxylic acids is 2. The number of hydrogen-bond acceptors (Lipinski definition) is 5. The normalized spacial score (nSPS) is 14.9. The lowest BCUT2D eigenvalue weighted by molar-refractivity contribution is -0.147. The van der Waals surface area contributed by atoms with Gasteiger partial charge in [-0.2, -0.15) is 5.10 Å². The van der Waals surface area contributed by atoms with E-state index in [1.165, 1.54) is 7.05 Å². The summed E-state index contributed by atoms with van der Waals surface area (Å²) in [6.07, 6.45) is 0.146. The molecule has 1 rings (SSSR count). The molecule has 9 nitrogen and oxygen atoms in total. The van der Waals surface area contributed by atoms with Crippen molar-refractivity contribution >= 4 is 29.5 Å². The van der Waals surface area contributed by atoms with Gasteiger partial charge in [-0.1, -0.05) is 0 Å². The number of rotatable bonds is 5. The van der Waals surface area contributed by atoms with Crippen LogP contribution in [0.4, 0.5) is 0 Å². The molecule has 1 aliphatic rings. The van der Waals surface area contributed by atoms with Gasteiger partial charge < -0.3 is 15.1 Å². The van der Waals surface area contributed by atoms with Crippen LogP contribution in [0, 0.1) is 0 Å². The van der Waals surface area contributed by atoms with Crippen molar-refractivity contribution in [2.45, 2.75) is 12.8 Å². The number of carboxylic acid groups (broad SMARTS) is 2. The van der Waals surface area contributed by atoms with Crippen LogP contribution in [0.3, 0.4) is 0 Å². The van der Waals surface area contributed by atoms with E-state index in [1.807, 2.05) is 0 Å². The fourth-order valence-corrected chi connectivity index (χ4v) is 1.53. The quantitative estimate of drug-likeness (QED) is 0.632. The Labute approximate surface area is 108 Å². The molecule has 1 aliphatic heterocycles. The van der Waals surface area contributed by atoms with Gasteiger partial charge in [-0.15, -0.1) is 0 Å². The lowest BCUT2D eigenvalue weighted by Gasteiger charge is -2.23. The number of nitrogens with zero attached hydrogens (tertiary/aromatic N) is 3. The average molecular weight is 271 g/mol. The van der Waals surface area contributed by atoms with E-state index in [1.54, 1.807) is 0 Å². The summed E-state index contributed by atoms with van der Waals surface area (Å²) in [5.74, 6) is -3.70. The second-order valence-electron chi connectivity index (χ2n) is 3.91. The van der Waals surface area contributed by atoms with Gasteiger partial charge in [0.2, 0.25) is 5.91 Å². The zero-order valence-electron chi connectivity index (χ0n) is 10.2. The minimum atomic E-state index is -1.32. The molecule has 0 bridgehead atoms. The van der Waals surface area contributed by atoms with Crippen LogP contribution >= 0.6 is 0 Å². The number of carbonyl (C=O) groups is 4. The van der Waals surface area contributed by atoms with Gasteiger partial charge in [-0.25, -0.2) is 5.01 Å². The topological polar surface area (TPSA) is 128 Å². The Morgan fingerprint density at radius 1 is 1.21 bits per heavy atom. The highest BCUT2D eigenvalue weighted by Gasteiger charge is 2.28. The first-order valence-electron chi connectivity index (χ1n) is 5.38. The van der Waals surface area contributed by atoms with Gasteiger partial charge in [0.25, 0.3) is 5.91 Å². The Balaban J connectivity index is 2.87. The highest BCUT2D eigenvalue weighted by Crippen LogP contribution is 2.09. The number of aliphatic carboxylic acids is 2. The van der Waals surface area contributed by atoms with Gasteiger partial charge in [-0.05, 0) is 0 Å². The molecule has 0 aromatic rings. The highest BCUT2D eigenvalue weighted by molar-refractivity contribution is 6.39. The first-order valence-corrected chi connectivity index (χ1v) is 5.38. The zero-order chi connectivity index (χ0) is 14.6. The second-order valence-corrected chi connectivity index (χ2v) is 3.91. The molecule has 9 heteroatoms. The molecular formula is C10H13N3O6. The van der Waals surface area contributed by atoms with Crippen LogP contribution in [0.2, 0.25) is 0 Å². The minimum Gasteiger partial charge on any atom is -0.480 e. The lowest BCUT2D eigenvalue weighted by Crippen LogP contribution is -2.45. The van der Waals surface area contributed by atoms with Crippen LogP contribution in [0.15, 0.2) is 5.10 Å². The number of hydrogen-bond donors (Lipinski definition) is 2. The molecule has 0 atom stereocenters. The van der Waals surface area contributed by atoms with E-state index < -0.39 is 30.9 Å². The summed E-state index contributed by atoms with van der Waals surface area (Å²) in [5, 5.41) is 22.0. The van der Waals surface area contributed by atoms with E-state index in [-0.39, 0.29) is 24.5 Å². The van der Waals surface area contributed by atoms with Crippen molar-refractivity contribution in [1.29, 1.82) is 0 Å². The summed E-state index contributed by atoms with van der Waals surface area (Å²) < 4.78 is 0. The molecule has 104 valence electrons. The Kier molecular flexibility index (Phi) is 4.56. The number of carbonyl (C=O) groups excluding carboxylic acids is 2. The monoisotopic (exact) mass is 271 g/mol. The molecule has 0 fully saturated rings. The molecule has 19 heavy (non-hydrogen) atoms. The summed E-state index contributed by atoms with van der Waals surface area (Å²) in [5.41, 5.74) is -0.0235. The molecule has 0 aromatic heterocycles. The molecule has 0 unspecified atom stereocenters. The molecule has 0 spiro atoms. The summed E-state index contributed by atoms with van der Waals surface area (Å²) in [6.45, 7) is -1.47. The molecule has 0 radical (unpaired) electrons. The maximum atomic E-state index is 12.0. The van der Waals surface area contributed by atoms with Crippen molar-refractivity contribution < 1.29 is 29.4 Å². The van der Waals surface area contributed by atoms with Gasteiger partial charge in [0.1, 0.15) is 18.8 Å². The van der Waals surface area contributed by atoms with Crippen LogP contribution < -0.4 is 0 Å². The van der Waals surface area contributed by atoms with Crippen molar-refractivity contribution in [3.8, 4) is 0 Å². The molecular weight excluding hydrogens is 258 g/mol. The van der Waals surface area contributed by atoms with E-state index in [0.29, 0.717) is 4.90 Å². The van der Waals surface area contributed by atoms with Crippen molar-refractivity contribution in [2.75, 3.05) is 20.1 Å². The fraction of sp³-hybridized carbons (Fsp3) is 0.500. The zero-order valence-corrected chi connectivity index (χ0v) is 10.2. The Morgan fingerprint density at radius 2 is 1.74 bits per heavy atom. The average Bonchev–Trinajstić information content (AvgIpc) is 2.29. The van der Waals surface area contributed by atoms with E-state index >= 15 is 0 Å². The predicted octanol–water partition coefficient (Wildman–Crippen LogP) is -1.41. The Bertz CT molecular complexity index is 442. The first-order chi connectivity index (χ1) is 8.81. The fourth-order valence-electron chi connectivity index (χ4n) is 1.53. The largest absolute Gasteiger partial charge is 0.480 e. The van der Waals surface area contributed by atoms with Crippen LogP contribution in [-0.2, 0) is 19.2 Å². The van der Waals surface area contributed by atoms with Crippen LogP contribution in [0.5, 0.6) is 0 Å². The van der Waals surface area contributed by atoms with Crippen LogP contribution in [-0.4, -0.2) is 69.7 Å². The summed E-state index contributed by atoms with van der Waals surface area (Å²) in [6, 6.07) is 0. The lowest BCUT2D eigenvalue weighted by atomic mass is 10.1. The summed E-state index contributed by atoms with van der Waals surface area (Å²) in [7, 11) is 1.37. The van der Waals surface area contributed by atoms with Gasteiger partial charge in [0.05, 0.1) is 0 Å². The standard InChI is InChI=1S/C10H13N3O6/c1-12-7(14)3-2-6(11-12)10(19)13(4-8(15)16)5-9(17)18/h2-5H2,1H3,(H,15,16)(H,17,18). The summed E-state index contributed by atoms with van der Waals surface area (Å²) >= 11 is 0. The summed E-state index contributed by atoms with van der Waals surface area (Å²) in [4.78, 5) is 45.0. The Morgan fingerprint density at radius 3 is 2.16 bits per heavy atom. The predicted molar refractivity (Wildman–Crippen MR) is 61.3 cm³/mol. The Hall–Kier alpha value is -2.45. The molecule has 2 amide bonds. The van der Waals surface area contributed by atoms with Crippen molar-refractivity contribution in [3.63, 3.8) is 0 Å². The van der Waals surface area contributed by atoms with Gasteiger partial charge >= 0.3 is 11.9 Å². The van der Waals surface area contributed by atoms with Crippen molar-refractivity contribution in [1.82, 2.24) is 9.91 Å². The molecule has 0 saturated heterocycles. The number of amides is 2. The maximum absolute atomic E-state index is 12.0. The molecule has 1 heterocycles. The van der Waals surface area contributed by atoms with Gasteiger partial charge in [-0.3, -0.25) is 19.2 Å². The van der Waals surface area contributed by atoms with Gasteiger partial charge in [0, 0.05) is 19.9 Å². The smallest absolute Gasteiger partial charge is 0.323 e. The first kappa shape index (κ1) is 14.6. The SMILES string of the molecule is CN1N=C(C(=O)N(CC(=O)O)CC(=O)O)CCC1=O. The molecule has 2 N–H and O–H groups in total. The molecule has 0 saturated carbocycles. The van der Waals surface area contributed by atoms with E-state index in [0.717, 1.165) is 5.01 Å². The second kappa shape index (κ2) is 5.94. The third-order valence-electron chi connectivity index (χ3n) is 2.39. The number of hydrazone groups is 1. The minimum absolute atomic E-state index is 0.0235. The molecule has 0 aromatic carbocycles. The van der Waals surface area contributed by atoms with Crippen molar-refractivity contribution in [3.05, 3.63) is 0 Å².